The van der Waals surface area contributed by atoms with Gasteiger partial charge in [-0.05, 0) is 30.7 Å². The van der Waals surface area contributed by atoms with Gasteiger partial charge in [-0.15, -0.1) is 0 Å². The van der Waals surface area contributed by atoms with Crippen LogP contribution in [0, 0.1) is 0 Å². The number of carbonyl (C=O) groups excluding carboxylic acids is 1. The van der Waals surface area contributed by atoms with Gasteiger partial charge in [0.05, 0.1) is 0 Å². The standard InChI is InChI=1S/C15H21N3O2/c16-12-1-4-14(5-2-12)20-10-9-17-7-8-18-13(11-17)3-6-15(18)19/h1-2,4-5,13H,3,6-11,16H2. The number of hydrogen-bond donors (Lipinski definition) is 1. The molecule has 5 nitrogen and oxygen atoms in total. The van der Waals surface area contributed by atoms with Crippen molar-refractivity contribution in [3.8, 4) is 5.75 Å². The molecule has 1 aromatic carbocycles. The highest BCUT2D eigenvalue weighted by Crippen LogP contribution is 2.22. The summed E-state index contributed by atoms with van der Waals surface area (Å²) < 4.78 is 5.72. The summed E-state index contributed by atoms with van der Waals surface area (Å²) in [5, 5.41) is 0. The molecule has 2 aliphatic heterocycles. The fraction of sp³-hybridized carbons (Fsp3) is 0.533. The third kappa shape index (κ3) is 2.88. The summed E-state index contributed by atoms with van der Waals surface area (Å²) >= 11 is 0. The van der Waals surface area contributed by atoms with Gasteiger partial charge in [0.1, 0.15) is 12.4 Å². The molecule has 5 heteroatoms. The number of benzene rings is 1. The average molecular weight is 275 g/mol. The summed E-state index contributed by atoms with van der Waals surface area (Å²) in [5.41, 5.74) is 6.39. The Bertz CT molecular complexity index is 475. The second kappa shape index (κ2) is 5.71. The van der Waals surface area contributed by atoms with Crippen LogP contribution in [0.15, 0.2) is 24.3 Å². The predicted octanol–water partition coefficient (Wildman–Crippen LogP) is 0.954. The number of anilines is 1. The number of nitrogens with two attached hydrogens (primary N) is 1. The second-order valence-electron chi connectivity index (χ2n) is 5.50. The number of ether oxygens (including phenoxy) is 1. The average Bonchev–Trinajstić information content (AvgIpc) is 2.82. The van der Waals surface area contributed by atoms with Crippen LogP contribution < -0.4 is 10.5 Å². The number of fused-ring (bicyclic) bond motifs is 1. The third-order valence-corrected chi connectivity index (χ3v) is 4.13. The van der Waals surface area contributed by atoms with E-state index in [2.05, 4.69) is 4.90 Å². The lowest BCUT2D eigenvalue weighted by Crippen LogP contribution is -2.52. The molecular weight excluding hydrogens is 254 g/mol. The van der Waals surface area contributed by atoms with E-state index < -0.39 is 0 Å². The zero-order valence-corrected chi connectivity index (χ0v) is 11.6. The molecule has 2 heterocycles. The Kier molecular flexibility index (Phi) is 3.78. The minimum absolute atomic E-state index is 0.327. The van der Waals surface area contributed by atoms with Gasteiger partial charge in [0.25, 0.3) is 0 Å². The Labute approximate surface area is 119 Å². The summed E-state index contributed by atoms with van der Waals surface area (Å²) in [6, 6.07) is 7.90. The van der Waals surface area contributed by atoms with Crippen molar-refractivity contribution in [3.05, 3.63) is 24.3 Å². The molecule has 2 aliphatic rings. The van der Waals surface area contributed by atoms with Crippen molar-refractivity contribution in [3.63, 3.8) is 0 Å². The highest BCUT2D eigenvalue weighted by Gasteiger charge is 2.35. The Morgan fingerprint density at radius 2 is 2.05 bits per heavy atom. The molecule has 1 atom stereocenters. The molecular formula is C15H21N3O2. The Morgan fingerprint density at radius 1 is 1.25 bits per heavy atom. The molecule has 2 N–H and O–H groups in total. The summed E-state index contributed by atoms with van der Waals surface area (Å²) in [7, 11) is 0. The molecule has 1 aromatic rings. The first-order valence-electron chi connectivity index (χ1n) is 7.22. The molecule has 1 unspecified atom stereocenters. The summed E-state index contributed by atoms with van der Waals surface area (Å²) in [4.78, 5) is 16.0. The van der Waals surface area contributed by atoms with Crippen LogP contribution in [0.1, 0.15) is 12.8 Å². The van der Waals surface area contributed by atoms with E-state index in [1.165, 1.54) is 0 Å². The maximum absolute atomic E-state index is 11.6. The largest absolute Gasteiger partial charge is 0.492 e. The topological polar surface area (TPSA) is 58.8 Å². The minimum Gasteiger partial charge on any atom is -0.492 e. The van der Waals surface area contributed by atoms with Gasteiger partial charge in [0, 0.05) is 44.3 Å². The minimum atomic E-state index is 0.327. The van der Waals surface area contributed by atoms with Crippen molar-refractivity contribution in [2.45, 2.75) is 18.9 Å². The van der Waals surface area contributed by atoms with E-state index in [9.17, 15) is 4.79 Å². The van der Waals surface area contributed by atoms with E-state index in [-0.39, 0.29) is 0 Å². The van der Waals surface area contributed by atoms with Gasteiger partial charge in [-0.1, -0.05) is 0 Å². The zero-order chi connectivity index (χ0) is 13.9. The first-order chi connectivity index (χ1) is 9.72. The van der Waals surface area contributed by atoms with Gasteiger partial charge in [-0.2, -0.15) is 0 Å². The number of carbonyl (C=O) groups is 1. The quantitative estimate of drug-likeness (QED) is 0.831. The van der Waals surface area contributed by atoms with Crippen LogP contribution in [-0.4, -0.2) is 54.5 Å². The first-order valence-corrected chi connectivity index (χ1v) is 7.22. The highest BCUT2D eigenvalue weighted by molar-refractivity contribution is 5.78. The van der Waals surface area contributed by atoms with Crippen LogP contribution >= 0.6 is 0 Å². The second-order valence-corrected chi connectivity index (χ2v) is 5.50. The van der Waals surface area contributed by atoms with Crippen LogP contribution in [0.4, 0.5) is 5.69 Å². The molecule has 2 fully saturated rings. The highest BCUT2D eigenvalue weighted by atomic mass is 16.5. The monoisotopic (exact) mass is 275 g/mol. The summed E-state index contributed by atoms with van der Waals surface area (Å²) in [5.74, 6) is 1.18. The third-order valence-electron chi connectivity index (χ3n) is 4.13. The van der Waals surface area contributed by atoms with Crippen molar-refractivity contribution in [1.29, 1.82) is 0 Å². The fourth-order valence-corrected chi connectivity index (χ4v) is 2.99. The molecule has 20 heavy (non-hydrogen) atoms. The van der Waals surface area contributed by atoms with E-state index in [0.29, 0.717) is 18.6 Å². The Balaban J connectivity index is 1.43. The number of hydrogen-bond acceptors (Lipinski definition) is 4. The fourth-order valence-electron chi connectivity index (χ4n) is 2.99. The first kappa shape index (κ1) is 13.2. The molecule has 2 saturated heterocycles. The van der Waals surface area contributed by atoms with Crippen molar-refractivity contribution in [2.24, 2.45) is 0 Å². The van der Waals surface area contributed by atoms with Crippen LogP contribution in [0.2, 0.25) is 0 Å². The zero-order valence-electron chi connectivity index (χ0n) is 11.6. The lowest BCUT2D eigenvalue weighted by atomic mass is 10.1. The molecule has 1 amide bonds. The summed E-state index contributed by atoms with van der Waals surface area (Å²) in [6.45, 7) is 4.38. The molecule has 0 spiro atoms. The Morgan fingerprint density at radius 3 is 2.85 bits per heavy atom. The molecule has 0 radical (unpaired) electrons. The van der Waals surface area contributed by atoms with Gasteiger partial charge in [0.15, 0.2) is 0 Å². The lowest BCUT2D eigenvalue weighted by molar-refractivity contribution is -0.130. The molecule has 0 aliphatic carbocycles. The van der Waals surface area contributed by atoms with E-state index in [0.717, 1.165) is 50.5 Å². The molecule has 3 rings (SSSR count). The summed E-state index contributed by atoms with van der Waals surface area (Å²) in [6.07, 6.45) is 1.73. The molecule has 108 valence electrons. The number of amides is 1. The van der Waals surface area contributed by atoms with Gasteiger partial charge in [0.2, 0.25) is 5.91 Å². The van der Waals surface area contributed by atoms with Crippen LogP contribution in [0.3, 0.4) is 0 Å². The number of nitrogen functional groups attached to an aromatic ring is 1. The SMILES string of the molecule is Nc1ccc(OCCN2CCN3C(=O)CCC3C2)cc1. The number of piperazine rings is 1. The van der Waals surface area contributed by atoms with Crippen LogP contribution in [0.5, 0.6) is 5.75 Å². The van der Waals surface area contributed by atoms with Crippen molar-refractivity contribution in [2.75, 3.05) is 38.5 Å². The van der Waals surface area contributed by atoms with Gasteiger partial charge in [-0.25, -0.2) is 0 Å². The maximum atomic E-state index is 11.6. The number of nitrogens with zero attached hydrogens (tertiary/aromatic N) is 2. The van der Waals surface area contributed by atoms with Gasteiger partial charge < -0.3 is 15.4 Å². The predicted molar refractivity (Wildman–Crippen MR) is 77.5 cm³/mol. The molecule has 0 bridgehead atoms. The maximum Gasteiger partial charge on any atom is 0.222 e. The molecule has 0 saturated carbocycles. The van der Waals surface area contributed by atoms with Crippen molar-refractivity contribution in [1.82, 2.24) is 9.80 Å². The van der Waals surface area contributed by atoms with E-state index in [1.807, 2.05) is 29.2 Å². The van der Waals surface area contributed by atoms with Gasteiger partial charge >= 0.3 is 0 Å². The molecule has 0 aromatic heterocycles. The van der Waals surface area contributed by atoms with Crippen molar-refractivity contribution < 1.29 is 9.53 Å². The van der Waals surface area contributed by atoms with Crippen molar-refractivity contribution >= 4 is 11.6 Å². The lowest BCUT2D eigenvalue weighted by Gasteiger charge is -2.37. The van der Waals surface area contributed by atoms with E-state index >= 15 is 0 Å². The van der Waals surface area contributed by atoms with Crippen LogP contribution in [-0.2, 0) is 4.79 Å². The van der Waals surface area contributed by atoms with E-state index in [4.69, 9.17) is 10.5 Å². The Hall–Kier alpha value is -1.75. The van der Waals surface area contributed by atoms with Crippen LogP contribution in [0.25, 0.3) is 0 Å². The smallest absolute Gasteiger partial charge is 0.222 e. The normalized spacial score (nSPS) is 22.9. The van der Waals surface area contributed by atoms with Gasteiger partial charge in [-0.3, -0.25) is 9.69 Å². The number of rotatable bonds is 4. The van der Waals surface area contributed by atoms with E-state index in [1.54, 1.807) is 0 Å².